The van der Waals surface area contributed by atoms with Gasteiger partial charge in [-0.1, -0.05) is 101 Å². The minimum absolute atomic E-state index is 0.0203. The van der Waals surface area contributed by atoms with Crippen LogP contribution in [0.25, 0.3) is 10.4 Å². The lowest BCUT2D eigenvalue weighted by Gasteiger charge is -2.35. The number of β-amino-alcohol motifs (C(OH)–C–C–N with tert-alkyl or cyclic N) is 1. The van der Waals surface area contributed by atoms with Crippen LogP contribution >= 0.6 is 11.3 Å². The number of hydrazone groups is 1. The van der Waals surface area contributed by atoms with Crippen LogP contribution in [0, 0.1) is 18.3 Å². The Balaban J connectivity index is 0.869. The Bertz CT molecular complexity index is 2020. The number of amides is 5. The van der Waals surface area contributed by atoms with E-state index in [1.54, 1.807) is 16.3 Å². The first-order valence-electron chi connectivity index (χ1n) is 22.5. The zero-order valence-corrected chi connectivity index (χ0v) is 37.9. The summed E-state index contributed by atoms with van der Waals surface area (Å²) in [6, 6.07) is 15.9. The highest BCUT2D eigenvalue weighted by Gasteiger charge is 2.45. The second-order valence-electron chi connectivity index (χ2n) is 18.3. The van der Waals surface area contributed by atoms with Crippen molar-refractivity contribution in [3.63, 3.8) is 0 Å². The Labute approximate surface area is 370 Å². The van der Waals surface area contributed by atoms with Crippen LogP contribution < -0.4 is 10.6 Å². The number of carbonyl (C=O) groups excluding carboxylic acids is 5. The second-order valence-corrected chi connectivity index (χ2v) is 19.2. The highest BCUT2D eigenvalue weighted by Crippen LogP contribution is 2.33. The number of unbranched alkanes of at least 4 members (excludes halogenated alkanes) is 5. The average Bonchev–Trinajstić information content (AvgIpc) is 4.03. The van der Waals surface area contributed by atoms with E-state index < -0.39 is 23.6 Å². The molecule has 0 radical (unpaired) electrons. The van der Waals surface area contributed by atoms with Crippen molar-refractivity contribution in [1.82, 2.24) is 30.4 Å². The Morgan fingerprint density at radius 3 is 2.19 bits per heavy atom. The first-order chi connectivity index (χ1) is 29.7. The van der Waals surface area contributed by atoms with Gasteiger partial charge in [-0.15, -0.1) is 11.3 Å². The summed E-state index contributed by atoms with van der Waals surface area (Å²) < 4.78 is 0. The monoisotopic (exact) mass is 867 g/mol. The lowest BCUT2D eigenvalue weighted by Crippen LogP contribution is -2.57. The highest BCUT2D eigenvalue weighted by atomic mass is 32.1. The van der Waals surface area contributed by atoms with Crippen LogP contribution in [0.3, 0.4) is 0 Å². The van der Waals surface area contributed by atoms with Crippen molar-refractivity contribution >= 4 is 47.1 Å². The topological polar surface area (TPSA) is 165 Å². The zero-order valence-electron chi connectivity index (χ0n) is 37.1. The molecule has 1 aromatic heterocycles. The quantitative estimate of drug-likeness (QED) is 0.122. The van der Waals surface area contributed by atoms with E-state index in [4.69, 9.17) is 0 Å². The number of piperidine rings is 1. The van der Waals surface area contributed by atoms with E-state index in [0.717, 1.165) is 59.4 Å². The molecule has 4 heterocycles. The number of rotatable bonds is 17. The summed E-state index contributed by atoms with van der Waals surface area (Å²) in [6.07, 6.45) is 9.05. The van der Waals surface area contributed by atoms with E-state index in [9.17, 15) is 29.1 Å². The van der Waals surface area contributed by atoms with Crippen LogP contribution in [-0.2, 0) is 24.0 Å². The highest BCUT2D eigenvalue weighted by molar-refractivity contribution is 7.13. The smallest absolute Gasteiger partial charge is 0.246 e. The van der Waals surface area contributed by atoms with Gasteiger partial charge in [0, 0.05) is 57.5 Å². The molecule has 3 N–H and O–H groups in total. The molecule has 334 valence electrons. The molecule has 5 amide bonds. The Morgan fingerprint density at radius 2 is 1.55 bits per heavy atom. The number of aryl methyl sites for hydroxylation is 1. The van der Waals surface area contributed by atoms with Gasteiger partial charge in [0.05, 0.1) is 34.3 Å². The van der Waals surface area contributed by atoms with Gasteiger partial charge < -0.3 is 25.5 Å². The Kier molecular flexibility index (Phi) is 16.1. The van der Waals surface area contributed by atoms with Crippen molar-refractivity contribution in [3.05, 3.63) is 76.9 Å². The maximum Gasteiger partial charge on any atom is 0.246 e. The third-order valence-electron chi connectivity index (χ3n) is 12.5. The molecule has 3 aromatic rings. The molecule has 0 spiro atoms. The van der Waals surface area contributed by atoms with Gasteiger partial charge in [0.15, 0.2) is 0 Å². The van der Waals surface area contributed by atoms with Gasteiger partial charge in [0.1, 0.15) is 12.1 Å². The van der Waals surface area contributed by atoms with E-state index in [2.05, 4.69) is 20.7 Å². The minimum atomic E-state index is -0.870. The van der Waals surface area contributed by atoms with E-state index >= 15 is 0 Å². The molecular weight excluding hydrogens is 803 g/mol. The van der Waals surface area contributed by atoms with Gasteiger partial charge in [-0.3, -0.25) is 24.0 Å². The lowest BCUT2D eigenvalue weighted by molar-refractivity contribution is -0.144. The predicted octanol–water partition coefficient (Wildman–Crippen LogP) is 7.11. The number of nitrogens with zero attached hydrogens (tertiary/aromatic N) is 5. The molecule has 14 heteroatoms. The fourth-order valence-electron chi connectivity index (χ4n) is 8.82. The maximum absolute atomic E-state index is 14.1. The number of carbonyl (C=O) groups is 5. The summed E-state index contributed by atoms with van der Waals surface area (Å²) in [5.74, 6) is -0.871. The van der Waals surface area contributed by atoms with Crippen molar-refractivity contribution in [2.45, 2.75) is 142 Å². The number of aliphatic hydroxyl groups excluding tert-OH is 1. The maximum atomic E-state index is 14.1. The number of hydrogen-bond donors (Lipinski definition) is 3. The lowest BCUT2D eigenvalue weighted by atomic mass is 9.85. The molecule has 6 rings (SSSR count). The number of likely N-dealkylation sites (tertiary alicyclic amines) is 2. The molecule has 2 saturated heterocycles. The van der Waals surface area contributed by atoms with Gasteiger partial charge in [-0.25, -0.2) is 9.99 Å². The SMILES string of the molecule is Cc1ncsc1-c1ccc(C(C)NC(=O)[C@@H]2C[C@@H](O)CN2C(=O)C(NC(=O)CCCCCCCCC(=O)N2CCC(C(=O)N3N=CCC3c3ccccc3)CC2)C(C)(C)C)cc1. The van der Waals surface area contributed by atoms with Crippen LogP contribution in [0.4, 0.5) is 0 Å². The number of thiazole rings is 1. The molecular formula is C48H65N7O6S. The third-order valence-corrected chi connectivity index (χ3v) is 13.5. The molecule has 13 nitrogen and oxygen atoms in total. The van der Waals surface area contributed by atoms with Crippen molar-refractivity contribution in [3.8, 4) is 10.4 Å². The van der Waals surface area contributed by atoms with E-state index in [1.807, 2.05) is 106 Å². The van der Waals surface area contributed by atoms with Gasteiger partial charge >= 0.3 is 0 Å². The fourth-order valence-corrected chi connectivity index (χ4v) is 9.63. The molecule has 3 unspecified atom stereocenters. The average molecular weight is 868 g/mol. The summed E-state index contributed by atoms with van der Waals surface area (Å²) in [7, 11) is 0. The number of benzene rings is 2. The summed E-state index contributed by atoms with van der Waals surface area (Å²) in [5, 5.41) is 22.7. The number of aliphatic hydroxyl groups is 1. The summed E-state index contributed by atoms with van der Waals surface area (Å²) in [6.45, 7) is 10.7. The number of hydrogen-bond acceptors (Lipinski definition) is 9. The van der Waals surface area contributed by atoms with Crippen LogP contribution in [0.15, 0.2) is 65.2 Å². The Hall–Kier alpha value is -4.95. The molecule has 0 bridgehead atoms. The molecule has 2 fully saturated rings. The zero-order chi connectivity index (χ0) is 44.4. The van der Waals surface area contributed by atoms with Gasteiger partial charge in [0.25, 0.3) is 0 Å². The van der Waals surface area contributed by atoms with Crippen LogP contribution in [0.5, 0.6) is 0 Å². The van der Waals surface area contributed by atoms with Gasteiger partial charge in [-0.2, -0.15) is 5.10 Å². The summed E-state index contributed by atoms with van der Waals surface area (Å²) >= 11 is 1.58. The molecule has 0 aliphatic carbocycles. The predicted molar refractivity (Wildman–Crippen MR) is 242 cm³/mol. The first-order valence-corrected chi connectivity index (χ1v) is 23.4. The molecule has 0 saturated carbocycles. The van der Waals surface area contributed by atoms with E-state index in [-0.39, 0.29) is 66.9 Å². The van der Waals surface area contributed by atoms with Crippen molar-refractivity contribution in [2.75, 3.05) is 19.6 Å². The van der Waals surface area contributed by atoms with Crippen molar-refractivity contribution < 1.29 is 29.1 Å². The van der Waals surface area contributed by atoms with Gasteiger partial charge in [-0.05, 0) is 61.6 Å². The summed E-state index contributed by atoms with van der Waals surface area (Å²) in [4.78, 5) is 76.0. The fraction of sp³-hybridized carbons (Fsp3) is 0.562. The first kappa shape index (κ1) is 46.6. The standard InChI is InChI=1S/C48H65N7O6S/c1-32(34-19-21-36(22-20-34)43-33(2)49-31-62-43)51-45(59)40-29-38(56)30-54(40)47(61)44(48(3,4)5)52-41(57)17-13-8-6-7-9-14-18-42(58)53-27-24-37(25-28-53)46(60)55-39(23-26-50-55)35-15-11-10-12-16-35/h10-12,15-16,19-22,26,31-32,37-40,44,56H,6-9,13-14,17-18,23-25,27-30H2,1-5H3,(H,51,59)(H,52,57)/t32?,38-,39?,40+,44?/m1/s1. The third kappa shape index (κ3) is 11.9. The van der Waals surface area contributed by atoms with E-state index in [1.165, 1.54) is 4.90 Å². The molecule has 3 aliphatic heterocycles. The molecule has 2 aromatic carbocycles. The number of nitrogens with one attached hydrogen (secondary N) is 2. The summed E-state index contributed by atoms with van der Waals surface area (Å²) in [5.41, 5.74) is 5.22. The minimum Gasteiger partial charge on any atom is -0.391 e. The largest absolute Gasteiger partial charge is 0.391 e. The Morgan fingerprint density at radius 1 is 0.887 bits per heavy atom. The number of aromatic nitrogens is 1. The molecule has 3 aliphatic rings. The van der Waals surface area contributed by atoms with Crippen LogP contribution in [0.2, 0.25) is 0 Å². The van der Waals surface area contributed by atoms with Crippen molar-refractivity contribution in [1.29, 1.82) is 0 Å². The van der Waals surface area contributed by atoms with E-state index in [0.29, 0.717) is 45.2 Å². The van der Waals surface area contributed by atoms with Gasteiger partial charge in [0.2, 0.25) is 29.5 Å². The van der Waals surface area contributed by atoms with Crippen LogP contribution in [-0.4, -0.2) is 98.5 Å². The van der Waals surface area contributed by atoms with Crippen molar-refractivity contribution in [2.24, 2.45) is 16.4 Å². The normalized spacial score (nSPS) is 20.3. The molecule has 5 atom stereocenters. The molecule has 62 heavy (non-hydrogen) atoms. The van der Waals surface area contributed by atoms with Crippen LogP contribution in [0.1, 0.15) is 134 Å². The second kappa shape index (κ2) is 21.4.